The van der Waals surface area contributed by atoms with Gasteiger partial charge in [0.05, 0.1) is 23.7 Å². The van der Waals surface area contributed by atoms with Crippen LogP contribution >= 0.6 is 0 Å². The van der Waals surface area contributed by atoms with Gasteiger partial charge in [0.2, 0.25) is 10.0 Å². The van der Waals surface area contributed by atoms with Crippen molar-refractivity contribution in [2.45, 2.75) is 31.2 Å². The molecule has 0 radical (unpaired) electrons. The Morgan fingerprint density at radius 3 is 2.50 bits per heavy atom. The first-order valence-electron chi connectivity index (χ1n) is 8.93. The predicted octanol–water partition coefficient (Wildman–Crippen LogP) is 1.15. The van der Waals surface area contributed by atoms with E-state index in [2.05, 4.69) is 0 Å². The summed E-state index contributed by atoms with van der Waals surface area (Å²) >= 11 is 0. The van der Waals surface area contributed by atoms with E-state index in [0.717, 1.165) is 0 Å². The van der Waals surface area contributed by atoms with E-state index in [1.54, 1.807) is 25.2 Å². The highest BCUT2D eigenvalue weighted by atomic mass is 32.2. The molecule has 0 aliphatic carbocycles. The Bertz CT molecular complexity index is 715. The summed E-state index contributed by atoms with van der Waals surface area (Å²) in [7, 11) is -2.06. The van der Waals surface area contributed by atoms with Crippen molar-refractivity contribution in [2.24, 2.45) is 11.7 Å². The molecule has 7 nitrogen and oxygen atoms in total. The van der Waals surface area contributed by atoms with Gasteiger partial charge in [-0.1, -0.05) is 26.0 Å². The van der Waals surface area contributed by atoms with Crippen LogP contribution in [0.3, 0.4) is 0 Å². The molecule has 1 aromatic rings. The van der Waals surface area contributed by atoms with Gasteiger partial charge in [0.15, 0.2) is 0 Å². The van der Waals surface area contributed by atoms with Gasteiger partial charge in [-0.15, -0.1) is 0 Å². The molecule has 1 aromatic carbocycles. The Morgan fingerprint density at radius 1 is 1.27 bits per heavy atom. The number of carbonyl (C=O) groups is 1. The second-order valence-corrected chi connectivity index (χ2v) is 8.84. The SMILES string of the molecule is CC(C)C(N)CCN(C)C(=O)c1ccccc1S(=O)(=O)N1CCOCC1. The lowest BCUT2D eigenvalue weighted by Crippen LogP contribution is -2.41. The van der Waals surface area contributed by atoms with E-state index in [1.165, 1.54) is 15.3 Å². The zero-order chi connectivity index (χ0) is 19.3. The minimum atomic E-state index is -3.73. The molecule has 1 amide bonds. The topological polar surface area (TPSA) is 92.9 Å². The Labute approximate surface area is 156 Å². The van der Waals surface area contributed by atoms with Gasteiger partial charge in [-0.2, -0.15) is 4.31 Å². The highest BCUT2D eigenvalue weighted by Gasteiger charge is 2.30. The standard InChI is InChI=1S/C18H29N3O4S/c1-14(2)16(19)8-9-20(3)18(22)15-6-4-5-7-17(15)26(23,24)21-10-12-25-13-11-21/h4-7,14,16H,8-13,19H2,1-3H3. The normalized spacial score (nSPS) is 17.3. The Hall–Kier alpha value is -1.48. The second kappa shape index (κ2) is 8.94. The summed E-state index contributed by atoms with van der Waals surface area (Å²) in [5.41, 5.74) is 6.24. The summed E-state index contributed by atoms with van der Waals surface area (Å²) in [6.45, 7) is 5.87. The molecule has 1 unspecified atom stereocenters. The van der Waals surface area contributed by atoms with Gasteiger partial charge in [-0.25, -0.2) is 8.42 Å². The van der Waals surface area contributed by atoms with Crippen molar-refractivity contribution in [2.75, 3.05) is 39.9 Å². The summed E-state index contributed by atoms with van der Waals surface area (Å²) in [6.07, 6.45) is 0.665. The van der Waals surface area contributed by atoms with Crippen LogP contribution in [0.5, 0.6) is 0 Å². The Kier molecular flexibility index (Phi) is 7.16. The van der Waals surface area contributed by atoms with Crippen LogP contribution in [0, 0.1) is 5.92 Å². The monoisotopic (exact) mass is 383 g/mol. The summed E-state index contributed by atoms with van der Waals surface area (Å²) in [5.74, 6) is 0.0147. The van der Waals surface area contributed by atoms with Crippen LogP contribution < -0.4 is 5.73 Å². The quantitative estimate of drug-likeness (QED) is 0.762. The average molecular weight is 384 g/mol. The number of nitrogens with zero attached hydrogens (tertiary/aromatic N) is 2. The maximum absolute atomic E-state index is 13.0. The number of carbonyl (C=O) groups excluding carboxylic acids is 1. The van der Waals surface area contributed by atoms with E-state index < -0.39 is 10.0 Å². The average Bonchev–Trinajstić information content (AvgIpc) is 2.65. The van der Waals surface area contributed by atoms with Gasteiger partial charge < -0.3 is 15.4 Å². The van der Waals surface area contributed by atoms with E-state index in [4.69, 9.17) is 10.5 Å². The van der Waals surface area contributed by atoms with Gasteiger partial charge in [-0.05, 0) is 24.5 Å². The van der Waals surface area contributed by atoms with Crippen molar-refractivity contribution >= 4 is 15.9 Å². The fourth-order valence-corrected chi connectivity index (χ4v) is 4.37. The zero-order valence-corrected chi connectivity index (χ0v) is 16.5. The number of nitrogens with two attached hydrogens (primary N) is 1. The molecule has 1 aliphatic rings. The molecule has 0 spiro atoms. The molecule has 8 heteroatoms. The fourth-order valence-electron chi connectivity index (χ4n) is 2.78. The molecular formula is C18H29N3O4S. The van der Waals surface area contributed by atoms with Crippen LogP contribution in [-0.4, -0.2) is 69.5 Å². The zero-order valence-electron chi connectivity index (χ0n) is 15.7. The van der Waals surface area contributed by atoms with Gasteiger partial charge in [-0.3, -0.25) is 4.79 Å². The third kappa shape index (κ3) is 4.82. The summed E-state index contributed by atoms with van der Waals surface area (Å²) in [4.78, 5) is 14.4. The smallest absolute Gasteiger partial charge is 0.254 e. The van der Waals surface area contributed by atoms with E-state index in [0.29, 0.717) is 45.2 Å². The van der Waals surface area contributed by atoms with Gasteiger partial charge in [0.1, 0.15) is 0 Å². The largest absolute Gasteiger partial charge is 0.379 e. The number of morpholine rings is 1. The molecule has 1 atom stereocenters. The van der Waals surface area contributed by atoms with Gasteiger partial charge in [0.25, 0.3) is 5.91 Å². The third-order valence-electron chi connectivity index (χ3n) is 4.71. The summed E-state index contributed by atoms with van der Waals surface area (Å²) in [5, 5.41) is 0. The first-order chi connectivity index (χ1) is 12.2. The van der Waals surface area contributed by atoms with E-state index >= 15 is 0 Å². The molecule has 26 heavy (non-hydrogen) atoms. The van der Waals surface area contributed by atoms with Crippen LogP contribution in [0.15, 0.2) is 29.2 Å². The minimum Gasteiger partial charge on any atom is -0.379 e. The van der Waals surface area contributed by atoms with E-state index in [-0.39, 0.29) is 22.4 Å². The van der Waals surface area contributed by atoms with Crippen LogP contribution in [-0.2, 0) is 14.8 Å². The number of benzene rings is 1. The second-order valence-electron chi connectivity index (χ2n) is 6.94. The Morgan fingerprint density at radius 2 is 1.88 bits per heavy atom. The summed E-state index contributed by atoms with van der Waals surface area (Å²) in [6, 6.07) is 6.37. The highest BCUT2D eigenvalue weighted by Crippen LogP contribution is 2.22. The van der Waals surface area contributed by atoms with Crippen LogP contribution in [0.4, 0.5) is 0 Å². The van der Waals surface area contributed by atoms with Crippen molar-refractivity contribution in [3.63, 3.8) is 0 Å². The Balaban J connectivity index is 2.21. The first-order valence-corrected chi connectivity index (χ1v) is 10.4. The third-order valence-corrected chi connectivity index (χ3v) is 6.66. The highest BCUT2D eigenvalue weighted by molar-refractivity contribution is 7.89. The van der Waals surface area contributed by atoms with Crippen molar-refractivity contribution in [3.8, 4) is 0 Å². The molecule has 0 bridgehead atoms. The van der Waals surface area contributed by atoms with Crippen LogP contribution in [0.25, 0.3) is 0 Å². The number of rotatable bonds is 7. The maximum Gasteiger partial charge on any atom is 0.254 e. The number of amides is 1. The molecule has 146 valence electrons. The lowest BCUT2D eigenvalue weighted by Gasteiger charge is -2.27. The number of ether oxygens (including phenoxy) is 1. The molecule has 1 saturated heterocycles. The molecule has 2 rings (SSSR count). The van der Waals surface area contributed by atoms with Crippen molar-refractivity contribution in [1.82, 2.24) is 9.21 Å². The van der Waals surface area contributed by atoms with Gasteiger partial charge in [0, 0.05) is 32.7 Å². The minimum absolute atomic E-state index is 0.00224. The molecule has 2 N–H and O–H groups in total. The number of hydrogen-bond acceptors (Lipinski definition) is 5. The van der Waals surface area contributed by atoms with Gasteiger partial charge >= 0.3 is 0 Å². The van der Waals surface area contributed by atoms with Crippen molar-refractivity contribution in [1.29, 1.82) is 0 Å². The first kappa shape index (κ1) is 20.8. The van der Waals surface area contributed by atoms with E-state index in [1.807, 2.05) is 13.8 Å². The summed E-state index contributed by atoms with van der Waals surface area (Å²) < 4.78 is 32.5. The molecule has 1 aliphatic heterocycles. The fraction of sp³-hybridized carbons (Fsp3) is 0.611. The van der Waals surface area contributed by atoms with Crippen LogP contribution in [0.2, 0.25) is 0 Å². The molecular weight excluding hydrogens is 354 g/mol. The van der Waals surface area contributed by atoms with Crippen molar-refractivity contribution in [3.05, 3.63) is 29.8 Å². The number of hydrogen-bond donors (Lipinski definition) is 1. The molecule has 1 fully saturated rings. The maximum atomic E-state index is 13.0. The van der Waals surface area contributed by atoms with Crippen LogP contribution in [0.1, 0.15) is 30.6 Å². The number of sulfonamides is 1. The lowest BCUT2D eigenvalue weighted by atomic mass is 10.0. The van der Waals surface area contributed by atoms with Crippen molar-refractivity contribution < 1.29 is 17.9 Å². The predicted molar refractivity (Wildman–Crippen MR) is 100 cm³/mol. The molecule has 1 heterocycles. The molecule has 0 aromatic heterocycles. The molecule has 0 saturated carbocycles. The van der Waals surface area contributed by atoms with E-state index in [9.17, 15) is 13.2 Å². The lowest BCUT2D eigenvalue weighted by molar-refractivity contribution is 0.0727.